The van der Waals surface area contributed by atoms with Gasteiger partial charge in [0, 0.05) is 81.0 Å². The first-order valence-electron chi connectivity index (χ1n) is 27.7. The van der Waals surface area contributed by atoms with Crippen molar-refractivity contribution in [3.05, 3.63) is 83.4 Å². The molecule has 11 nitrogen and oxygen atoms in total. The highest BCUT2D eigenvalue weighted by atomic mass is 16.5. The van der Waals surface area contributed by atoms with Crippen molar-refractivity contribution in [2.75, 3.05) is 28.3 Å². The molecule has 2 aromatic rings. The maximum atomic E-state index is 14.0. The summed E-state index contributed by atoms with van der Waals surface area (Å²) in [5, 5.41) is 7.00. The summed E-state index contributed by atoms with van der Waals surface area (Å²) in [5.74, 6) is 4.21. The fourth-order valence-corrected chi connectivity index (χ4v) is 11.9. The summed E-state index contributed by atoms with van der Waals surface area (Å²) in [5.41, 5.74) is 17.8. The van der Waals surface area contributed by atoms with Crippen LogP contribution in [0.15, 0.2) is 60.7 Å². The van der Waals surface area contributed by atoms with Gasteiger partial charge in [0.15, 0.2) is 11.6 Å². The molecule has 3 saturated carbocycles. The number of nitrogens with zero attached hydrogens (tertiary/aromatic N) is 4. The molecule has 73 heavy (non-hydrogen) atoms. The number of carbonyl (C=O) groups excluding carboxylic acids is 3. The Hall–Kier alpha value is -3.90. The number of ketones is 1. The smallest absolute Gasteiger partial charge is 0.175 e. The van der Waals surface area contributed by atoms with Crippen LogP contribution in [-0.2, 0) is 19.1 Å². The Morgan fingerprint density at radius 1 is 0.918 bits per heavy atom. The quantitative estimate of drug-likeness (QED) is 0.145. The Labute approximate surface area is 446 Å². The van der Waals surface area contributed by atoms with Crippen LogP contribution in [0.4, 0.5) is 0 Å². The van der Waals surface area contributed by atoms with E-state index in [9.17, 15) is 14.4 Å². The summed E-state index contributed by atoms with van der Waals surface area (Å²) in [6, 6.07) is 4.07. The van der Waals surface area contributed by atoms with E-state index in [2.05, 4.69) is 108 Å². The number of hydrogen-bond donors (Lipinski definition) is 3. The number of ether oxygens (including phenoxy) is 1. The normalized spacial score (nSPS) is 25.4. The minimum Gasteiger partial charge on any atom is -0.400 e. The van der Waals surface area contributed by atoms with Gasteiger partial charge in [-0.1, -0.05) is 121 Å². The van der Waals surface area contributed by atoms with E-state index < -0.39 is 5.41 Å². The molecule has 9 atom stereocenters. The highest BCUT2D eigenvalue weighted by Crippen LogP contribution is 2.70. The third-order valence-electron chi connectivity index (χ3n) is 16.4. The van der Waals surface area contributed by atoms with Crippen molar-refractivity contribution in [2.24, 2.45) is 62.7 Å². The Kier molecular flexibility index (Phi) is 30.8. The number of methoxy groups -OCH3 is 1. The van der Waals surface area contributed by atoms with Crippen LogP contribution in [0, 0.1) is 58.2 Å². The largest absolute Gasteiger partial charge is 0.400 e. The van der Waals surface area contributed by atoms with Gasteiger partial charge in [-0.3, -0.25) is 9.78 Å². The van der Waals surface area contributed by atoms with Crippen molar-refractivity contribution in [2.45, 2.75) is 206 Å². The molecule has 0 aliphatic heterocycles. The van der Waals surface area contributed by atoms with Crippen LogP contribution in [0.25, 0.3) is 5.70 Å². The van der Waals surface area contributed by atoms with Crippen LogP contribution >= 0.6 is 0 Å². The number of aldehydes is 2. The van der Waals surface area contributed by atoms with Crippen molar-refractivity contribution >= 4 is 24.1 Å². The average molecular weight is 1020 g/mol. The standard InChI is InChI=1S/C41H63N3O2.C8H12N2.C6H10O2.C3H8.C2H6.CH5N.CH4O/c1-25(2)31-23-42-38(43-24-31)30(8)44(11)28(6)21-41-20-17-33-32(37(41)36(26(3)4)34(45)22-41)13-14-35-39(9,19-16-29(7)46-12)27(5)15-18-40(33,35)10;1-6-3-4-8(5-10-6)7(2)9;1-6(2,5-8)3-4-7;1-3-2;3*1-2/h23-27,29,32-33,35H,6,8,13-22H2,1-5,7,9-12H3;3-5,7H,9H2,1-2H3;4-5H,3H2,1-2H3;3H2,1-2H3;1-2H3;2H2,1H3;2H,1H3. The molecule has 0 saturated heterocycles. The molecule has 0 spiro atoms. The first kappa shape index (κ1) is 69.1. The maximum absolute atomic E-state index is 14.0. The summed E-state index contributed by atoms with van der Waals surface area (Å²) < 4.78 is 5.71. The van der Waals surface area contributed by atoms with Crippen LogP contribution in [0.5, 0.6) is 0 Å². The molecule has 4 aliphatic rings. The first-order valence-corrected chi connectivity index (χ1v) is 27.7. The maximum Gasteiger partial charge on any atom is 0.175 e. The van der Waals surface area contributed by atoms with Crippen molar-refractivity contribution in [1.29, 1.82) is 0 Å². The van der Waals surface area contributed by atoms with E-state index >= 15 is 0 Å². The molecule has 3 fully saturated rings. The molecule has 5 N–H and O–H groups in total. The van der Waals surface area contributed by atoms with Crippen molar-refractivity contribution in [3.63, 3.8) is 0 Å². The van der Waals surface area contributed by atoms with E-state index in [-0.39, 0.29) is 17.4 Å². The second kappa shape index (κ2) is 32.5. The summed E-state index contributed by atoms with van der Waals surface area (Å²) in [7, 11) is 6.39. The lowest BCUT2D eigenvalue weighted by Crippen LogP contribution is -2.57. The predicted octanol–water partition coefficient (Wildman–Crippen LogP) is 13.8. The predicted molar refractivity (Wildman–Crippen MR) is 308 cm³/mol. The minimum atomic E-state index is -0.457. The summed E-state index contributed by atoms with van der Waals surface area (Å²) in [6.07, 6.45) is 20.2. The highest BCUT2D eigenvalue weighted by Gasteiger charge is 2.63. The van der Waals surface area contributed by atoms with Gasteiger partial charge in [-0.05, 0) is 155 Å². The number of Topliss-reactive ketones (excluding diaryl/α,β-unsaturated/α-hetero) is 1. The number of nitrogens with two attached hydrogens (primary N) is 2. The number of pyridine rings is 1. The lowest BCUT2D eigenvalue weighted by molar-refractivity contribution is -0.140. The number of fused-ring (bicyclic) bond motifs is 5. The van der Waals surface area contributed by atoms with E-state index in [1.807, 2.05) is 72.6 Å². The molecular weight excluding hydrogens is 909 g/mol. The minimum absolute atomic E-state index is 0.0908. The summed E-state index contributed by atoms with van der Waals surface area (Å²) >= 11 is 0. The van der Waals surface area contributed by atoms with E-state index in [1.165, 1.54) is 57.6 Å². The van der Waals surface area contributed by atoms with Crippen LogP contribution in [0.3, 0.4) is 0 Å². The molecule has 2 heterocycles. The number of carbonyl (C=O) groups is 3. The van der Waals surface area contributed by atoms with Gasteiger partial charge in [-0.2, -0.15) is 0 Å². The molecule has 416 valence electrons. The number of aliphatic hydroxyl groups excluding tert-OH is 1. The van der Waals surface area contributed by atoms with Crippen molar-refractivity contribution in [3.8, 4) is 0 Å². The summed E-state index contributed by atoms with van der Waals surface area (Å²) in [4.78, 5) is 49.4. The number of hydrogen-bond acceptors (Lipinski definition) is 11. The Balaban J connectivity index is 0.00000158. The number of aryl methyl sites for hydroxylation is 1. The lowest BCUT2D eigenvalue weighted by atomic mass is 9.40. The molecule has 0 aromatic carbocycles. The molecule has 6 rings (SSSR count). The fraction of sp³-hybridized carbons (Fsp3) is 0.710. The van der Waals surface area contributed by atoms with Crippen LogP contribution in [0.1, 0.15) is 216 Å². The zero-order chi connectivity index (χ0) is 56.7. The monoisotopic (exact) mass is 1020 g/mol. The number of aliphatic hydroxyl groups is 1. The topological polar surface area (TPSA) is 175 Å². The summed E-state index contributed by atoms with van der Waals surface area (Å²) in [6.45, 7) is 43.4. The second-order valence-electron chi connectivity index (χ2n) is 22.7. The number of rotatable bonds is 15. The van der Waals surface area contributed by atoms with Gasteiger partial charge in [0.2, 0.25) is 0 Å². The van der Waals surface area contributed by atoms with Gasteiger partial charge in [0.1, 0.15) is 12.6 Å². The molecule has 11 heteroatoms. The van der Waals surface area contributed by atoms with Crippen LogP contribution < -0.4 is 11.5 Å². The van der Waals surface area contributed by atoms with Crippen LogP contribution in [-0.4, -0.2) is 77.7 Å². The Bertz CT molecular complexity index is 1990. The zero-order valence-corrected chi connectivity index (χ0v) is 50.1. The van der Waals surface area contributed by atoms with Crippen molar-refractivity contribution < 1.29 is 24.2 Å². The average Bonchev–Trinajstić information content (AvgIpc) is 3.68. The van der Waals surface area contributed by atoms with Gasteiger partial charge in [0.25, 0.3) is 0 Å². The molecule has 4 aliphatic carbocycles. The third-order valence-corrected chi connectivity index (χ3v) is 16.4. The van der Waals surface area contributed by atoms with E-state index in [0.29, 0.717) is 65.1 Å². The molecule has 0 bridgehead atoms. The van der Waals surface area contributed by atoms with E-state index in [0.717, 1.165) is 78.7 Å². The van der Waals surface area contributed by atoms with Gasteiger partial charge in [-0.15, -0.1) is 0 Å². The highest BCUT2D eigenvalue weighted by molar-refractivity contribution is 6.00. The van der Waals surface area contributed by atoms with Gasteiger partial charge < -0.3 is 35.8 Å². The number of allylic oxidation sites excluding steroid dienone is 3. The first-order chi connectivity index (χ1) is 34.3. The molecule has 0 radical (unpaired) electrons. The Morgan fingerprint density at radius 2 is 1.48 bits per heavy atom. The van der Waals surface area contributed by atoms with Crippen molar-refractivity contribution in [1.82, 2.24) is 19.9 Å². The fourth-order valence-electron chi connectivity index (χ4n) is 11.9. The molecule has 0 amide bonds. The lowest BCUT2D eigenvalue weighted by Gasteiger charge is -2.65. The van der Waals surface area contributed by atoms with E-state index in [4.69, 9.17) is 15.6 Å². The Morgan fingerprint density at radius 3 is 1.93 bits per heavy atom. The molecular formula is C62H108N6O5. The molecule has 2 aromatic heterocycles. The third kappa shape index (κ3) is 18.1. The molecule has 9 unspecified atom stereocenters. The van der Waals surface area contributed by atoms with Gasteiger partial charge >= 0.3 is 0 Å². The van der Waals surface area contributed by atoms with Gasteiger partial charge in [-0.25, -0.2) is 9.97 Å². The number of aromatic nitrogens is 3. The van der Waals surface area contributed by atoms with E-state index in [1.54, 1.807) is 13.8 Å². The van der Waals surface area contributed by atoms with Crippen LogP contribution in [0.2, 0.25) is 0 Å². The SMILES string of the molecule is C=C(CC12CCC3C(CCC4C(C)(CCC(C)OC)C(C)CCC34C)C1=C(C(C)C)C(=O)C2)N(C)C(=C)c1ncc(C(C)C)cn1.CC.CC(C)(C=O)CC=O.CCC.CN.CO.Cc1ccc(C(C)N)cn1. The second-order valence-corrected chi connectivity index (χ2v) is 22.7. The zero-order valence-electron chi connectivity index (χ0n) is 50.1. The van der Waals surface area contributed by atoms with Gasteiger partial charge in [0.05, 0.1) is 11.8 Å².